The number of aromatic nitrogens is 3. The molecule has 10 rings (SSSR count). The third kappa shape index (κ3) is 2.96. The Morgan fingerprint density at radius 3 is 1.79 bits per heavy atom. The predicted octanol–water partition coefficient (Wildman–Crippen LogP) is 10.9. The molecule has 42 heavy (non-hydrogen) atoms. The number of hydrogen-bond donors (Lipinski definition) is 0. The number of nitrogens with zero attached hydrogens (tertiary/aromatic N) is 3. The Morgan fingerprint density at radius 1 is 0.429 bits per heavy atom. The number of rotatable bonds is 2. The van der Waals surface area contributed by atoms with E-state index >= 15 is 0 Å². The predicted molar refractivity (Wildman–Crippen MR) is 181 cm³/mol. The lowest BCUT2D eigenvalue weighted by molar-refractivity contribution is 1.15. The number of hydrogen-bond acceptors (Lipinski definition) is 3. The maximum absolute atomic E-state index is 5.38. The molecule has 0 saturated heterocycles. The van der Waals surface area contributed by atoms with Crippen LogP contribution in [0.1, 0.15) is 0 Å². The zero-order chi connectivity index (χ0) is 27.4. The molecule has 0 aliphatic carbocycles. The molecule has 6 aromatic carbocycles. The van der Waals surface area contributed by atoms with E-state index < -0.39 is 0 Å². The fourth-order valence-corrected chi connectivity index (χ4v) is 8.89. The highest BCUT2D eigenvalue weighted by Crippen LogP contribution is 2.43. The van der Waals surface area contributed by atoms with Gasteiger partial charge in [0.1, 0.15) is 0 Å². The van der Waals surface area contributed by atoms with E-state index in [9.17, 15) is 0 Å². The van der Waals surface area contributed by atoms with E-state index in [-0.39, 0.29) is 0 Å². The molecular formula is C37H21N3S2. The van der Waals surface area contributed by atoms with Gasteiger partial charge in [-0.25, -0.2) is 4.98 Å². The highest BCUT2D eigenvalue weighted by atomic mass is 32.1. The third-order valence-corrected chi connectivity index (χ3v) is 10.7. The maximum Gasteiger partial charge on any atom is 0.195 e. The van der Waals surface area contributed by atoms with Crippen LogP contribution in [0.5, 0.6) is 0 Å². The second-order valence-corrected chi connectivity index (χ2v) is 12.9. The Balaban J connectivity index is 1.34. The summed E-state index contributed by atoms with van der Waals surface area (Å²) in [7, 11) is 0. The standard InChI is InChI=1S/C37H21N3S2/c1-2-10-22(11-3-1)39-28-15-7-4-12-23(28)26-21-31-27(20-30(26)39)24-13-5-8-16-29(24)40(31)37-38-36-34(42-37)19-18-33-35(36)25-14-6-9-17-32(25)41-33/h1-21H. The fraction of sp³-hybridized carbons (Fsp3) is 0. The van der Waals surface area contributed by atoms with Gasteiger partial charge in [-0.05, 0) is 54.6 Å². The zero-order valence-corrected chi connectivity index (χ0v) is 23.9. The van der Waals surface area contributed by atoms with Gasteiger partial charge < -0.3 is 4.57 Å². The van der Waals surface area contributed by atoms with E-state index in [0.29, 0.717) is 0 Å². The van der Waals surface area contributed by atoms with Crippen LogP contribution < -0.4 is 0 Å². The topological polar surface area (TPSA) is 22.8 Å². The zero-order valence-electron chi connectivity index (χ0n) is 22.3. The van der Waals surface area contributed by atoms with Gasteiger partial charge in [0.05, 0.1) is 32.3 Å². The molecule has 0 spiro atoms. The number of fused-ring (bicyclic) bond motifs is 11. The first-order valence-electron chi connectivity index (χ1n) is 14.1. The van der Waals surface area contributed by atoms with Crippen molar-refractivity contribution in [3.05, 3.63) is 127 Å². The summed E-state index contributed by atoms with van der Waals surface area (Å²) in [5.41, 5.74) is 7.07. The first-order chi connectivity index (χ1) is 20.8. The molecule has 10 aromatic rings. The second-order valence-electron chi connectivity index (χ2n) is 10.8. The van der Waals surface area contributed by atoms with Gasteiger partial charge in [-0.1, -0.05) is 84.1 Å². The summed E-state index contributed by atoms with van der Waals surface area (Å²) in [6.45, 7) is 0. The van der Waals surface area contributed by atoms with Crippen molar-refractivity contribution in [1.82, 2.24) is 14.1 Å². The van der Waals surface area contributed by atoms with Crippen molar-refractivity contribution in [2.45, 2.75) is 0 Å². The first-order valence-corrected chi connectivity index (χ1v) is 15.7. The van der Waals surface area contributed by atoms with Crippen LogP contribution in [0.2, 0.25) is 0 Å². The van der Waals surface area contributed by atoms with Crippen LogP contribution in [0.3, 0.4) is 0 Å². The van der Waals surface area contributed by atoms with Crippen LogP contribution in [0.4, 0.5) is 0 Å². The number of para-hydroxylation sites is 3. The molecule has 0 bridgehead atoms. The SMILES string of the molecule is c1ccc(-n2c3ccccc3c3cc4c(cc32)c2ccccc2n4-c2nc3c(ccc4sc5ccccc5c43)s2)cc1. The monoisotopic (exact) mass is 571 g/mol. The number of benzene rings is 6. The number of thiophene rings is 1. The molecule has 4 aromatic heterocycles. The third-order valence-electron chi connectivity index (χ3n) is 8.56. The van der Waals surface area contributed by atoms with Crippen LogP contribution in [0.25, 0.3) is 84.8 Å². The largest absolute Gasteiger partial charge is 0.309 e. The van der Waals surface area contributed by atoms with Gasteiger partial charge in [0.15, 0.2) is 5.13 Å². The Morgan fingerprint density at radius 2 is 1.02 bits per heavy atom. The van der Waals surface area contributed by atoms with Gasteiger partial charge in [-0.15, -0.1) is 11.3 Å². The Bertz CT molecular complexity index is 2690. The van der Waals surface area contributed by atoms with Crippen molar-refractivity contribution in [3.8, 4) is 10.8 Å². The molecule has 0 aliphatic heterocycles. The summed E-state index contributed by atoms with van der Waals surface area (Å²) >= 11 is 3.62. The van der Waals surface area contributed by atoms with Crippen LogP contribution >= 0.6 is 22.7 Å². The fourth-order valence-electron chi connectivity index (χ4n) is 6.78. The molecule has 3 nitrogen and oxygen atoms in total. The smallest absolute Gasteiger partial charge is 0.195 e. The molecule has 0 amide bonds. The quantitative estimate of drug-likeness (QED) is 0.202. The van der Waals surface area contributed by atoms with Crippen molar-refractivity contribution in [2.75, 3.05) is 0 Å². The number of thiazole rings is 1. The maximum atomic E-state index is 5.38. The minimum atomic E-state index is 1.00. The summed E-state index contributed by atoms with van der Waals surface area (Å²) in [4.78, 5) is 5.38. The van der Waals surface area contributed by atoms with Gasteiger partial charge in [-0.2, -0.15) is 0 Å². The normalized spacial score (nSPS) is 12.3. The molecule has 0 atom stereocenters. The molecule has 0 fully saturated rings. The van der Waals surface area contributed by atoms with E-state index in [2.05, 4.69) is 137 Å². The Hall–Kier alpha value is -4.97. The van der Waals surface area contributed by atoms with Crippen molar-refractivity contribution < 1.29 is 0 Å². The Kier molecular flexibility index (Phi) is 4.48. The van der Waals surface area contributed by atoms with Crippen LogP contribution in [0.15, 0.2) is 127 Å². The first kappa shape index (κ1) is 22.7. The second kappa shape index (κ2) is 8.29. The van der Waals surface area contributed by atoms with Gasteiger partial charge in [0.2, 0.25) is 0 Å². The van der Waals surface area contributed by atoms with E-state index in [1.165, 1.54) is 74.2 Å². The van der Waals surface area contributed by atoms with Gasteiger partial charge in [0.25, 0.3) is 0 Å². The molecule has 5 heteroatoms. The van der Waals surface area contributed by atoms with Gasteiger partial charge >= 0.3 is 0 Å². The van der Waals surface area contributed by atoms with Crippen molar-refractivity contribution in [1.29, 1.82) is 0 Å². The summed E-state index contributed by atoms with van der Waals surface area (Å²) in [5, 5.41) is 8.55. The molecule has 0 saturated carbocycles. The molecule has 196 valence electrons. The molecule has 0 radical (unpaired) electrons. The highest BCUT2D eigenvalue weighted by molar-refractivity contribution is 7.26. The van der Waals surface area contributed by atoms with Gasteiger partial charge in [0, 0.05) is 47.4 Å². The van der Waals surface area contributed by atoms with E-state index in [0.717, 1.165) is 10.6 Å². The van der Waals surface area contributed by atoms with Crippen molar-refractivity contribution >= 4 is 96.7 Å². The Labute approximate surface area is 248 Å². The van der Waals surface area contributed by atoms with E-state index in [4.69, 9.17) is 4.98 Å². The summed E-state index contributed by atoms with van der Waals surface area (Å²) < 4.78 is 8.59. The van der Waals surface area contributed by atoms with Gasteiger partial charge in [-0.3, -0.25) is 4.57 Å². The van der Waals surface area contributed by atoms with E-state index in [1.807, 2.05) is 11.3 Å². The molecule has 0 aliphatic rings. The summed E-state index contributed by atoms with van der Waals surface area (Å²) in [5.74, 6) is 0. The van der Waals surface area contributed by atoms with Crippen LogP contribution in [-0.2, 0) is 0 Å². The average Bonchev–Trinajstić information content (AvgIpc) is 3.79. The van der Waals surface area contributed by atoms with Crippen LogP contribution in [-0.4, -0.2) is 14.1 Å². The lowest BCUT2D eigenvalue weighted by Crippen LogP contribution is -1.94. The van der Waals surface area contributed by atoms with Crippen molar-refractivity contribution in [3.63, 3.8) is 0 Å². The molecule has 0 unspecified atom stereocenters. The van der Waals surface area contributed by atoms with Crippen molar-refractivity contribution in [2.24, 2.45) is 0 Å². The summed E-state index contributed by atoms with van der Waals surface area (Å²) in [6.07, 6.45) is 0. The highest BCUT2D eigenvalue weighted by Gasteiger charge is 2.20. The van der Waals surface area contributed by atoms with E-state index in [1.54, 1.807) is 11.3 Å². The molecular weight excluding hydrogens is 551 g/mol. The lowest BCUT2D eigenvalue weighted by atomic mass is 10.1. The average molecular weight is 572 g/mol. The molecule has 4 heterocycles. The lowest BCUT2D eigenvalue weighted by Gasteiger charge is -2.08. The minimum Gasteiger partial charge on any atom is -0.309 e. The summed E-state index contributed by atoms with van der Waals surface area (Å²) in [6, 6.07) is 46.1. The van der Waals surface area contributed by atoms with Crippen LogP contribution in [0, 0.1) is 0 Å². The molecule has 0 N–H and O–H groups in total. The minimum absolute atomic E-state index is 1.00.